The van der Waals surface area contributed by atoms with Crippen molar-refractivity contribution < 1.29 is 44.7 Å². The normalized spacial score (nSPS) is 25.1. The lowest BCUT2D eigenvalue weighted by Gasteiger charge is -2.43. The zero-order valence-electron chi connectivity index (χ0n) is 16.0. The molecule has 14 heteroatoms. The number of benzene rings is 1. The van der Waals surface area contributed by atoms with E-state index in [1.54, 1.807) is 0 Å². The maximum Gasteiger partial charge on any atom is 0.418 e. The second-order valence-electron chi connectivity index (χ2n) is 7.59. The molecule has 32 heavy (non-hydrogen) atoms. The van der Waals surface area contributed by atoms with Gasteiger partial charge < -0.3 is 15.5 Å². The van der Waals surface area contributed by atoms with Crippen LogP contribution in [-0.2, 0) is 4.79 Å². The maximum absolute atomic E-state index is 14.6. The zero-order valence-corrected chi connectivity index (χ0v) is 16.7. The van der Waals surface area contributed by atoms with Crippen molar-refractivity contribution in [2.45, 2.75) is 37.3 Å². The number of nitrogens with zero attached hydrogens (tertiary/aromatic N) is 1. The van der Waals surface area contributed by atoms with E-state index in [1.807, 2.05) is 5.32 Å². The zero-order chi connectivity index (χ0) is 24.0. The molecule has 0 spiro atoms. The van der Waals surface area contributed by atoms with E-state index in [2.05, 4.69) is 5.32 Å². The molecule has 1 aliphatic heterocycles. The van der Waals surface area contributed by atoms with Crippen molar-refractivity contribution in [2.75, 3.05) is 13.1 Å². The third kappa shape index (κ3) is 4.71. The summed E-state index contributed by atoms with van der Waals surface area (Å²) in [4.78, 5) is 24.5. The molecular weight excluding hydrogens is 478 g/mol. The van der Waals surface area contributed by atoms with E-state index < -0.39 is 89.8 Å². The van der Waals surface area contributed by atoms with Crippen LogP contribution in [-0.4, -0.2) is 48.3 Å². The first-order chi connectivity index (χ1) is 14.7. The molecule has 1 aliphatic carbocycles. The predicted molar refractivity (Wildman–Crippen MR) is 94.5 cm³/mol. The first-order valence-corrected chi connectivity index (χ1v) is 9.71. The molecule has 3 rings (SSSR count). The third-order valence-electron chi connectivity index (χ3n) is 5.57. The lowest BCUT2D eigenvalue weighted by atomic mass is 9.69. The molecule has 1 aromatic carbocycles. The van der Waals surface area contributed by atoms with E-state index in [9.17, 15) is 44.7 Å². The summed E-state index contributed by atoms with van der Waals surface area (Å²) in [6.07, 6.45) is -10.7. The highest BCUT2D eigenvalue weighted by Gasteiger charge is 2.54. The van der Waals surface area contributed by atoms with Crippen LogP contribution in [0.3, 0.4) is 0 Å². The van der Waals surface area contributed by atoms with E-state index in [1.165, 1.54) is 0 Å². The predicted octanol–water partition coefficient (Wildman–Crippen LogP) is 4.32. The Morgan fingerprint density at radius 1 is 1.12 bits per heavy atom. The Bertz CT molecular complexity index is 901. The lowest BCUT2D eigenvalue weighted by molar-refractivity contribution is -0.207. The highest BCUT2D eigenvalue weighted by molar-refractivity contribution is 6.31. The minimum atomic E-state index is -5.13. The Balaban J connectivity index is 1.90. The molecule has 1 aromatic rings. The summed E-state index contributed by atoms with van der Waals surface area (Å²) in [7, 11) is 0. The summed E-state index contributed by atoms with van der Waals surface area (Å²) in [6.45, 7) is -0.837. The lowest BCUT2D eigenvalue weighted by Crippen LogP contribution is -2.65. The standard InChI is InChI=1S/C18H16ClF8N3O2/c19-11-10(20)2-1-9(12(11)21)13(7-5-8(6-7)17(22,23)24)29-16(32)30-4-3-28-15(31)14(30)18(25,26)27/h1-2,7-8,13-14H,3-6H2,(H,28,31)(H,29,32)/t7?,8?,13-,14-/m0/s1. The number of rotatable bonds is 3. The van der Waals surface area contributed by atoms with Crippen molar-refractivity contribution in [3.63, 3.8) is 0 Å². The molecule has 2 fully saturated rings. The monoisotopic (exact) mass is 493 g/mol. The molecule has 2 aliphatic rings. The molecule has 5 nitrogen and oxygen atoms in total. The minimum absolute atomic E-state index is 0.175. The van der Waals surface area contributed by atoms with Crippen molar-refractivity contribution in [2.24, 2.45) is 11.8 Å². The molecule has 1 saturated heterocycles. The third-order valence-corrected chi connectivity index (χ3v) is 5.92. The van der Waals surface area contributed by atoms with Crippen LogP contribution < -0.4 is 10.6 Å². The topological polar surface area (TPSA) is 61.4 Å². The molecule has 0 aromatic heterocycles. The number of hydrogen-bond acceptors (Lipinski definition) is 2. The summed E-state index contributed by atoms with van der Waals surface area (Å²) in [6, 6.07) is -4.21. The number of nitrogens with one attached hydrogen (secondary N) is 2. The second kappa shape index (κ2) is 8.56. The van der Waals surface area contributed by atoms with Gasteiger partial charge in [-0.15, -0.1) is 0 Å². The van der Waals surface area contributed by atoms with Gasteiger partial charge in [0.15, 0.2) is 0 Å². The van der Waals surface area contributed by atoms with Crippen LogP contribution in [0.1, 0.15) is 24.4 Å². The van der Waals surface area contributed by atoms with Gasteiger partial charge in [0.1, 0.15) is 16.7 Å². The van der Waals surface area contributed by atoms with Gasteiger partial charge in [0.2, 0.25) is 6.04 Å². The smallest absolute Gasteiger partial charge is 0.352 e. The minimum Gasteiger partial charge on any atom is -0.352 e. The summed E-state index contributed by atoms with van der Waals surface area (Å²) in [5.41, 5.74) is -0.472. The molecule has 3 amide bonds. The van der Waals surface area contributed by atoms with E-state index in [4.69, 9.17) is 11.6 Å². The van der Waals surface area contributed by atoms with Crippen molar-refractivity contribution in [1.29, 1.82) is 0 Å². The van der Waals surface area contributed by atoms with Crippen molar-refractivity contribution in [3.05, 3.63) is 34.4 Å². The Morgan fingerprint density at radius 3 is 2.31 bits per heavy atom. The maximum atomic E-state index is 14.6. The van der Waals surface area contributed by atoms with E-state index in [-0.39, 0.29) is 11.4 Å². The largest absolute Gasteiger partial charge is 0.418 e. The molecule has 0 unspecified atom stereocenters. The SMILES string of the molecule is O=C1NCCN(C(=O)N[C@H](c2ccc(F)c(Cl)c2F)C2CC(C(F)(F)F)C2)[C@@H]1C(F)(F)F. The number of piperazine rings is 1. The molecule has 2 N–H and O–H groups in total. The second-order valence-corrected chi connectivity index (χ2v) is 7.97. The van der Waals surface area contributed by atoms with Gasteiger partial charge in [0.25, 0.3) is 5.91 Å². The Kier molecular flexibility index (Phi) is 6.51. The average molecular weight is 494 g/mol. The van der Waals surface area contributed by atoms with Gasteiger partial charge >= 0.3 is 18.4 Å². The number of urea groups is 1. The van der Waals surface area contributed by atoms with Gasteiger partial charge in [-0.1, -0.05) is 17.7 Å². The van der Waals surface area contributed by atoms with E-state index in [0.29, 0.717) is 0 Å². The van der Waals surface area contributed by atoms with Crippen LogP contribution >= 0.6 is 11.6 Å². The van der Waals surface area contributed by atoms with E-state index in [0.717, 1.165) is 12.1 Å². The van der Waals surface area contributed by atoms with Gasteiger partial charge in [-0.25, -0.2) is 13.6 Å². The van der Waals surface area contributed by atoms with Crippen molar-refractivity contribution in [1.82, 2.24) is 15.5 Å². The number of alkyl halides is 6. The number of halogens is 9. The Morgan fingerprint density at radius 2 is 1.75 bits per heavy atom. The van der Waals surface area contributed by atoms with Gasteiger partial charge in [0, 0.05) is 18.7 Å². The summed E-state index contributed by atoms with van der Waals surface area (Å²) < 4.78 is 107. The number of carbonyl (C=O) groups excluding carboxylic acids is 2. The van der Waals surface area contributed by atoms with E-state index >= 15 is 0 Å². The number of amides is 3. The number of hydrogen-bond donors (Lipinski definition) is 2. The van der Waals surface area contributed by atoms with Crippen molar-refractivity contribution >= 4 is 23.5 Å². The molecule has 0 radical (unpaired) electrons. The van der Waals surface area contributed by atoms with Crippen LogP contribution in [0.25, 0.3) is 0 Å². The fourth-order valence-corrected chi connectivity index (χ4v) is 4.03. The summed E-state index contributed by atoms with van der Waals surface area (Å²) in [5.74, 6) is -6.74. The molecule has 2 atom stereocenters. The van der Waals surface area contributed by atoms with Crippen molar-refractivity contribution in [3.8, 4) is 0 Å². The highest BCUT2D eigenvalue weighted by Crippen LogP contribution is 2.50. The molecule has 1 heterocycles. The fourth-order valence-electron chi connectivity index (χ4n) is 3.86. The average Bonchev–Trinajstić information content (AvgIpc) is 2.62. The summed E-state index contributed by atoms with van der Waals surface area (Å²) >= 11 is 5.53. The van der Waals surface area contributed by atoms with Gasteiger partial charge in [0.05, 0.1) is 12.0 Å². The summed E-state index contributed by atoms with van der Waals surface area (Å²) in [5, 5.41) is 3.11. The van der Waals surface area contributed by atoms with Crippen LogP contribution in [0.15, 0.2) is 12.1 Å². The molecule has 0 bridgehead atoms. The van der Waals surface area contributed by atoms with Gasteiger partial charge in [-0.2, -0.15) is 26.3 Å². The Hall–Kier alpha value is -2.31. The molecular formula is C18H16ClF8N3O2. The first-order valence-electron chi connectivity index (χ1n) is 9.33. The fraction of sp³-hybridized carbons (Fsp3) is 0.556. The Labute approximate surface area is 181 Å². The molecule has 178 valence electrons. The highest BCUT2D eigenvalue weighted by atomic mass is 35.5. The number of carbonyl (C=O) groups is 2. The molecule has 1 saturated carbocycles. The van der Waals surface area contributed by atoms with Crippen LogP contribution in [0.4, 0.5) is 39.9 Å². The van der Waals surface area contributed by atoms with Crippen LogP contribution in [0.2, 0.25) is 5.02 Å². The first kappa shape index (κ1) is 24.3. The van der Waals surface area contributed by atoms with Gasteiger partial charge in [-0.05, 0) is 24.8 Å². The van der Waals surface area contributed by atoms with Crippen LogP contribution in [0.5, 0.6) is 0 Å². The quantitative estimate of drug-likeness (QED) is 0.487. The van der Waals surface area contributed by atoms with Crippen LogP contribution in [0, 0.1) is 23.5 Å². The van der Waals surface area contributed by atoms with Gasteiger partial charge in [-0.3, -0.25) is 4.79 Å².